The summed E-state index contributed by atoms with van der Waals surface area (Å²) in [7, 11) is 0. The SMILES string of the molecule is CCCC(O)CNC(=O)Nc1cc(F)ccc1Br. The Balaban J connectivity index is 2.47. The number of urea groups is 1. The first-order chi connectivity index (χ1) is 8.52. The van der Waals surface area contributed by atoms with Gasteiger partial charge in [0, 0.05) is 11.0 Å². The second-order valence-electron chi connectivity index (χ2n) is 3.90. The summed E-state index contributed by atoms with van der Waals surface area (Å²) in [5.74, 6) is -0.431. The number of aliphatic hydroxyl groups is 1. The van der Waals surface area contributed by atoms with Gasteiger partial charge in [0.2, 0.25) is 0 Å². The molecule has 6 heteroatoms. The van der Waals surface area contributed by atoms with Crippen LogP contribution in [0.3, 0.4) is 0 Å². The van der Waals surface area contributed by atoms with Crippen LogP contribution in [0.4, 0.5) is 14.9 Å². The molecular formula is C12H16BrFN2O2. The second kappa shape index (κ2) is 7.33. The predicted octanol–water partition coefficient (Wildman–Crippen LogP) is 2.87. The Labute approximate surface area is 114 Å². The molecule has 18 heavy (non-hydrogen) atoms. The van der Waals surface area contributed by atoms with E-state index in [2.05, 4.69) is 26.6 Å². The Morgan fingerprint density at radius 1 is 1.56 bits per heavy atom. The van der Waals surface area contributed by atoms with Crippen molar-refractivity contribution in [1.29, 1.82) is 0 Å². The normalized spacial score (nSPS) is 12.0. The van der Waals surface area contributed by atoms with Crippen LogP contribution in [0.5, 0.6) is 0 Å². The average Bonchev–Trinajstić information content (AvgIpc) is 2.32. The second-order valence-corrected chi connectivity index (χ2v) is 4.76. The number of rotatable bonds is 5. The molecule has 0 fully saturated rings. The predicted molar refractivity (Wildman–Crippen MR) is 72.0 cm³/mol. The van der Waals surface area contributed by atoms with Crippen molar-refractivity contribution in [2.75, 3.05) is 11.9 Å². The summed E-state index contributed by atoms with van der Waals surface area (Å²) < 4.78 is 13.6. The van der Waals surface area contributed by atoms with E-state index in [1.165, 1.54) is 18.2 Å². The van der Waals surface area contributed by atoms with Crippen molar-refractivity contribution >= 4 is 27.6 Å². The maximum atomic E-state index is 13.0. The maximum absolute atomic E-state index is 13.0. The van der Waals surface area contributed by atoms with Crippen LogP contribution >= 0.6 is 15.9 Å². The molecule has 3 N–H and O–H groups in total. The highest BCUT2D eigenvalue weighted by atomic mass is 79.9. The number of carbonyl (C=O) groups excluding carboxylic acids is 1. The molecule has 0 aliphatic heterocycles. The van der Waals surface area contributed by atoms with Gasteiger partial charge < -0.3 is 15.7 Å². The molecule has 0 bridgehead atoms. The molecule has 0 aromatic heterocycles. The molecule has 0 heterocycles. The van der Waals surface area contributed by atoms with E-state index in [1.54, 1.807) is 0 Å². The highest BCUT2D eigenvalue weighted by Crippen LogP contribution is 2.22. The fraction of sp³-hybridized carbons (Fsp3) is 0.417. The average molecular weight is 319 g/mol. The van der Waals surface area contributed by atoms with E-state index in [4.69, 9.17) is 0 Å². The van der Waals surface area contributed by atoms with Gasteiger partial charge in [-0.25, -0.2) is 9.18 Å². The van der Waals surface area contributed by atoms with Crippen LogP contribution in [0.2, 0.25) is 0 Å². The summed E-state index contributed by atoms with van der Waals surface area (Å²) >= 11 is 3.21. The molecule has 0 radical (unpaired) electrons. The molecule has 2 amide bonds. The zero-order chi connectivity index (χ0) is 13.5. The Kier molecular flexibility index (Phi) is 6.07. The largest absolute Gasteiger partial charge is 0.391 e. The molecule has 0 aliphatic rings. The Hall–Kier alpha value is -1.14. The van der Waals surface area contributed by atoms with Crippen molar-refractivity contribution in [2.45, 2.75) is 25.9 Å². The summed E-state index contributed by atoms with van der Waals surface area (Å²) in [5, 5.41) is 14.5. The van der Waals surface area contributed by atoms with E-state index in [9.17, 15) is 14.3 Å². The number of hydrogen-bond donors (Lipinski definition) is 3. The van der Waals surface area contributed by atoms with Gasteiger partial charge in [0.05, 0.1) is 11.8 Å². The quantitative estimate of drug-likeness (QED) is 0.781. The Morgan fingerprint density at radius 3 is 2.94 bits per heavy atom. The van der Waals surface area contributed by atoms with Crippen molar-refractivity contribution in [3.05, 3.63) is 28.5 Å². The summed E-state index contributed by atoms with van der Waals surface area (Å²) in [4.78, 5) is 11.5. The molecule has 1 unspecified atom stereocenters. The van der Waals surface area contributed by atoms with E-state index in [-0.39, 0.29) is 6.54 Å². The van der Waals surface area contributed by atoms with Crippen molar-refractivity contribution in [3.63, 3.8) is 0 Å². The van der Waals surface area contributed by atoms with Gasteiger partial charge in [-0.1, -0.05) is 13.3 Å². The molecule has 0 spiro atoms. The highest BCUT2D eigenvalue weighted by Gasteiger charge is 2.08. The molecule has 0 saturated carbocycles. The number of carbonyl (C=O) groups is 1. The molecule has 1 aromatic rings. The molecule has 0 aliphatic carbocycles. The first-order valence-corrected chi connectivity index (χ1v) is 6.50. The van der Waals surface area contributed by atoms with Crippen LogP contribution in [-0.4, -0.2) is 23.8 Å². The van der Waals surface area contributed by atoms with Crippen LogP contribution in [0.15, 0.2) is 22.7 Å². The molecule has 1 rings (SSSR count). The topological polar surface area (TPSA) is 61.4 Å². The molecule has 100 valence electrons. The molecule has 1 atom stereocenters. The van der Waals surface area contributed by atoms with E-state index in [0.29, 0.717) is 16.6 Å². The third kappa shape index (κ3) is 5.01. The molecule has 4 nitrogen and oxygen atoms in total. The lowest BCUT2D eigenvalue weighted by atomic mass is 10.2. The minimum Gasteiger partial charge on any atom is -0.391 e. The highest BCUT2D eigenvalue weighted by molar-refractivity contribution is 9.10. The molecule has 0 saturated heterocycles. The summed E-state index contributed by atoms with van der Waals surface area (Å²) in [5.41, 5.74) is 0.345. The van der Waals surface area contributed by atoms with E-state index >= 15 is 0 Å². The van der Waals surface area contributed by atoms with E-state index in [0.717, 1.165) is 6.42 Å². The first-order valence-electron chi connectivity index (χ1n) is 5.71. The van der Waals surface area contributed by atoms with Gasteiger partial charge in [0.15, 0.2) is 0 Å². The van der Waals surface area contributed by atoms with Crippen LogP contribution < -0.4 is 10.6 Å². The number of halogens is 2. The van der Waals surface area contributed by atoms with Gasteiger partial charge in [-0.2, -0.15) is 0 Å². The standard InChI is InChI=1S/C12H16BrFN2O2/c1-2-3-9(17)7-15-12(18)16-11-6-8(14)4-5-10(11)13/h4-6,9,17H,2-3,7H2,1H3,(H2,15,16,18). The zero-order valence-electron chi connectivity index (χ0n) is 10.0. The van der Waals surface area contributed by atoms with Crippen molar-refractivity contribution in [1.82, 2.24) is 5.32 Å². The fourth-order valence-corrected chi connectivity index (χ4v) is 1.75. The third-order valence-corrected chi connectivity index (χ3v) is 2.99. The van der Waals surface area contributed by atoms with Gasteiger partial charge in [-0.3, -0.25) is 0 Å². The number of nitrogens with one attached hydrogen (secondary N) is 2. The van der Waals surface area contributed by atoms with Crippen molar-refractivity contribution in [2.24, 2.45) is 0 Å². The van der Waals surface area contributed by atoms with E-state index < -0.39 is 18.0 Å². The van der Waals surface area contributed by atoms with Crippen molar-refractivity contribution < 1.29 is 14.3 Å². The van der Waals surface area contributed by atoms with E-state index in [1.807, 2.05) is 6.92 Å². The number of benzene rings is 1. The molecule has 1 aromatic carbocycles. The van der Waals surface area contributed by atoms with Gasteiger partial charge in [-0.15, -0.1) is 0 Å². The number of amides is 2. The van der Waals surface area contributed by atoms with Crippen molar-refractivity contribution in [3.8, 4) is 0 Å². The number of aliphatic hydroxyl groups excluding tert-OH is 1. The Bertz CT molecular complexity index is 415. The Morgan fingerprint density at radius 2 is 2.28 bits per heavy atom. The third-order valence-electron chi connectivity index (χ3n) is 2.30. The zero-order valence-corrected chi connectivity index (χ0v) is 11.6. The number of hydrogen-bond acceptors (Lipinski definition) is 2. The lowest BCUT2D eigenvalue weighted by Crippen LogP contribution is -2.35. The minimum atomic E-state index is -0.559. The molecular weight excluding hydrogens is 303 g/mol. The minimum absolute atomic E-state index is 0.173. The smallest absolute Gasteiger partial charge is 0.319 e. The lowest BCUT2D eigenvalue weighted by Gasteiger charge is -2.12. The van der Waals surface area contributed by atoms with Crippen LogP contribution in [0.1, 0.15) is 19.8 Å². The van der Waals surface area contributed by atoms with Gasteiger partial charge in [0.25, 0.3) is 0 Å². The monoisotopic (exact) mass is 318 g/mol. The van der Waals surface area contributed by atoms with Crippen LogP contribution in [0.25, 0.3) is 0 Å². The first kappa shape index (κ1) is 14.9. The van der Waals surface area contributed by atoms with Gasteiger partial charge in [-0.05, 0) is 40.5 Å². The summed E-state index contributed by atoms with van der Waals surface area (Å²) in [6, 6.07) is 3.54. The summed E-state index contributed by atoms with van der Waals surface area (Å²) in [6.07, 6.45) is 0.917. The van der Waals surface area contributed by atoms with Gasteiger partial charge >= 0.3 is 6.03 Å². The van der Waals surface area contributed by atoms with Crippen LogP contribution in [-0.2, 0) is 0 Å². The lowest BCUT2D eigenvalue weighted by molar-refractivity contribution is 0.162. The maximum Gasteiger partial charge on any atom is 0.319 e. The fourth-order valence-electron chi connectivity index (χ4n) is 1.41. The summed E-state index contributed by atoms with van der Waals surface area (Å²) in [6.45, 7) is 2.12. The van der Waals surface area contributed by atoms with Gasteiger partial charge in [0.1, 0.15) is 5.82 Å². The number of anilines is 1. The van der Waals surface area contributed by atoms with Crippen LogP contribution in [0, 0.1) is 5.82 Å².